The fourth-order valence-corrected chi connectivity index (χ4v) is 1.62. The highest BCUT2D eigenvalue weighted by Gasteiger charge is 2.10. The van der Waals surface area contributed by atoms with Gasteiger partial charge in [-0.2, -0.15) is 0 Å². The second-order valence-corrected chi connectivity index (χ2v) is 4.51. The van der Waals surface area contributed by atoms with Crippen LogP contribution in [0.25, 0.3) is 0 Å². The van der Waals surface area contributed by atoms with Crippen LogP contribution in [0.5, 0.6) is 5.75 Å². The Morgan fingerprint density at radius 2 is 2.06 bits per heavy atom. The largest absolute Gasteiger partial charge is 0.497 e. The molecule has 0 aliphatic rings. The summed E-state index contributed by atoms with van der Waals surface area (Å²) in [4.78, 5) is 0. The third-order valence-electron chi connectivity index (χ3n) is 3.37. The summed E-state index contributed by atoms with van der Waals surface area (Å²) in [5.74, 6) is 0.936. The lowest BCUT2D eigenvalue weighted by atomic mass is 10.0. The summed E-state index contributed by atoms with van der Waals surface area (Å²) in [7, 11) is 1.54. The van der Waals surface area contributed by atoms with Crippen LogP contribution in [0.3, 0.4) is 0 Å². The molecule has 0 aliphatic heterocycles. The van der Waals surface area contributed by atoms with Gasteiger partial charge in [0.15, 0.2) is 0 Å². The van der Waals surface area contributed by atoms with Gasteiger partial charge in [-0.3, -0.25) is 0 Å². The van der Waals surface area contributed by atoms with Gasteiger partial charge in [0, 0.05) is 24.2 Å². The van der Waals surface area contributed by atoms with Gasteiger partial charge in [0.2, 0.25) is 0 Å². The molecule has 3 heteroatoms. The first-order valence-corrected chi connectivity index (χ1v) is 6.14. The third kappa shape index (κ3) is 4.00. The average molecular weight is 239 g/mol. The summed E-state index contributed by atoms with van der Waals surface area (Å²) < 4.78 is 18.6. The molecule has 0 heterocycles. The molecule has 1 rings (SSSR count). The van der Waals surface area contributed by atoms with Crippen molar-refractivity contribution < 1.29 is 9.13 Å². The SMILES string of the molecule is CCC(C)C(C)NCc1ccc(OC)cc1F. The molecule has 0 amide bonds. The molecule has 2 nitrogen and oxygen atoms in total. The summed E-state index contributed by atoms with van der Waals surface area (Å²) in [6, 6.07) is 5.37. The summed E-state index contributed by atoms with van der Waals surface area (Å²) >= 11 is 0. The van der Waals surface area contributed by atoms with Crippen LogP contribution in [0.2, 0.25) is 0 Å². The predicted octanol–water partition coefficient (Wildman–Crippen LogP) is 3.36. The van der Waals surface area contributed by atoms with Crippen LogP contribution in [0.4, 0.5) is 4.39 Å². The average Bonchev–Trinajstić information content (AvgIpc) is 2.35. The second kappa shape index (κ2) is 6.60. The van der Waals surface area contributed by atoms with E-state index in [1.54, 1.807) is 12.1 Å². The highest BCUT2D eigenvalue weighted by molar-refractivity contribution is 5.28. The van der Waals surface area contributed by atoms with E-state index >= 15 is 0 Å². The standard InChI is InChI=1S/C14H22FNO/c1-5-10(2)11(3)16-9-12-6-7-13(17-4)8-14(12)15/h6-8,10-11,16H,5,9H2,1-4H3. The van der Waals surface area contributed by atoms with Crippen molar-refractivity contribution in [1.82, 2.24) is 5.32 Å². The molecule has 0 saturated heterocycles. The number of methoxy groups -OCH3 is 1. The highest BCUT2D eigenvalue weighted by atomic mass is 19.1. The smallest absolute Gasteiger partial charge is 0.131 e. The maximum atomic E-state index is 13.7. The number of rotatable bonds is 6. The molecule has 96 valence electrons. The molecule has 0 aromatic heterocycles. The van der Waals surface area contributed by atoms with Crippen LogP contribution in [-0.2, 0) is 6.54 Å². The van der Waals surface area contributed by atoms with Crippen molar-refractivity contribution in [3.05, 3.63) is 29.6 Å². The molecule has 0 spiro atoms. The summed E-state index contributed by atoms with van der Waals surface area (Å²) in [5.41, 5.74) is 0.681. The molecule has 17 heavy (non-hydrogen) atoms. The van der Waals surface area contributed by atoms with Gasteiger partial charge >= 0.3 is 0 Å². The lowest BCUT2D eigenvalue weighted by molar-refractivity contribution is 0.385. The van der Waals surface area contributed by atoms with Crippen molar-refractivity contribution in [3.8, 4) is 5.75 Å². The molecule has 2 atom stereocenters. The topological polar surface area (TPSA) is 21.3 Å². The molecule has 0 fully saturated rings. The van der Waals surface area contributed by atoms with Crippen molar-refractivity contribution in [2.75, 3.05) is 7.11 Å². The van der Waals surface area contributed by atoms with Crippen LogP contribution >= 0.6 is 0 Å². The first-order valence-electron chi connectivity index (χ1n) is 6.14. The van der Waals surface area contributed by atoms with Gasteiger partial charge in [-0.15, -0.1) is 0 Å². The Kier molecular flexibility index (Phi) is 5.42. The van der Waals surface area contributed by atoms with Crippen LogP contribution in [0, 0.1) is 11.7 Å². The number of ether oxygens (including phenoxy) is 1. The second-order valence-electron chi connectivity index (χ2n) is 4.51. The molecule has 1 aromatic carbocycles. The quantitative estimate of drug-likeness (QED) is 0.822. The van der Waals surface area contributed by atoms with Gasteiger partial charge in [0.25, 0.3) is 0 Å². The Hall–Kier alpha value is -1.09. The number of hydrogen-bond acceptors (Lipinski definition) is 2. The normalized spacial score (nSPS) is 14.4. The van der Waals surface area contributed by atoms with Gasteiger partial charge in [0.1, 0.15) is 11.6 Å². The van der Waals surface area contributed by atoms with E-state index in [2.05, 4.69) is 26.1 Å². The summed E-state index contributed by atoms with van der Waals surface area (Å²) in [5, 5.41) is 3.35. The van der Waals surface area contributed by atoms with Crippen molar-refractivity contribution >= 4 is 0 Å². The van der Waals surface area contributed by atoms with E-state index in [1.165, 1.54) is 13.2 Å². The zero-order valence-corrected chi connectivity index (χ0v) is 11.1. The van der Waals surface area contributed by atoms with E-state index in [9.17, 15) is 4.39 Å². The van der Waals surface area contributed by atoms with E-state index < -0.39 is 0 Å². The lowest BCUT2D eigenvalue weighted by Crippen LogP contribution is -2.31. The van der Waals surface area contributed by atoms with E-state index in [1.807, 2.05) is 0 Å². The van der Waals surface area contributed by atoms with Gasteiger partial charge in [-0.25, -0.2) is 4.39 Å². The van der Waals surface area contributed by atoms with Gasteiger partial charge in [-0.1, -0.05) is 26.3 Å². The number of benzene rings is 1. The molecular formula is C14H22FNO. The van der Waals surface area contributed by atoms with Crippen molar-refractivity contribution in [2.24, 2.45) is 5.92 Å². The van der Waals surface area contributed by atoms with Crippen molar-refractivity contribution in [3.63, 3.8) is 0 Å². The molecule has 0 aliphatic carbocycles. The Bertz CT molecular complexity index is 354. The minimum Gasteiger partial charge on any atom is -0.497 e. The van der Waals surface area contributed by atoms with E-state index in [4.69, 9.17) is 4.74 Å². The van der Waals surface area contributed by atoms with Crippen molar-refractivity contribution in [2.45, 2.75) is 39.8 Å². The van der Waals surface area contributed by atoms with E-state index in [-0.39, 0.29) is 5.82 Å². The van der Waals surface area contributed by atoms with Gasteiger partial charge < -0.3 is 10.1 Å². The Labute approximate surface area is 103 Å². The summed E-state index contributed by atoms with van der Waals surface area (Å²) in [6.07, 6.45) is 1.12. The number of halogens is 1. The zero-order valence-electron chi connectivity index (χ0n) is 11.1. The lowest BCUT2D eigenvalue weighted by Gasteiger charge is -2.20. The first-order chi connectivity index (χ1) is 8.08. The molecule has 0 bridgehead atoms. The molecule has 0 saturated carbocycles. The Morgan fingerprint density at radius 3 is 2.59 bits per heavy atom. The maximum Gasteiger partial charge on any atom is 0.131 e. The molecule has 0 radical (unpaired) electrons. The molecule has 1 aromatic rings. The third-order valence-corrected chi connectivity index (χ3v) is 3.37. The van der Waals surface area contributed by atoms with Gasteiger partial charge in [-0.05, 0) is 18.9 Å². The van der Waals surface area contributed by atoms with Crippen LogP contribution in [0.15, 0.2) is 18.2 Å². The van der Waals surface area contributed by atoms with Crippen LogP contribution in [0.1, 0.15) is 32.8 Å². The summed E-state index contributed by atoms with van der Waals surface area (Å²) in [6.45, 7) is 7.05. The zero-order chi connectivity index (χ0) is 12.8. The minimum atomic E-state index is -0.215. The number of nitrogens with one attached hydrogen (secondary N) is 1. The minimum absolute atomic E-state index is 0.215. The highest BCUT2D eigenvalue weighted by Crippen LogP contribution is 2.16. The van der Waals surface area contributed by atoms with E-state index in [0.29, 0.717) is 29.8 Å². The van der Waals surface area contributed by atoms with Crippen LogP contribution in [-0.4, -0.2) is 13.2 Å². The fraction of sp³-hybridized carbons (Fsp3) is 0.571. The van der Waals surface area contributed by atoms with Crippen molar-refractivity contribution in [1.29, 1.82) is 0 Å². The van der Waals surface area contributed by atoms with Crippen LogP contribution < -0.4 is 10.1 Å². The molecule has 2 unspecified atom stereocenters. The fourth-order valence-electron chi connectivity index (χ4n) is 1.62. The van der Waals surface area contributed by atoms with E-state index in [0.717, 1.165) is 6.42 Å². The molecule has 1 N–H and O–H groups in total. The Balaban J connectivity index is 2.57. The number of hydrogen-bond donors (Lipinski definition) is 1. The predicted molar refractivity (Wildman–Crippen MR) is 68.7 cm³/mol. The first kappa shape index (κ1) is 14.0. The maximum absolute atomic E-state index is 13.7. The Morgan fingerprint density at radius 1 is 1.35 bits per heavy atom. The molecular weight excluding hydrogens is 217 g/mol. The monoisotopic (exact) mass is 239 g/mol. The van der Waals surface area contributed by atoms with Gasteiger partial charge in [0.05, 0.1) is 7.11 Å².